The van der Waals surface area contributed by atoms with E-state index in [-0.39, 0.29) is 5.54 Å². The highest BCUT2D eigenvalue weighted by atomic mass is 16.3. The lowest BCUT2D eigenvalue weighted by Crippen LogP contribution is -2.43. The van der Waals surface area contributed by atoms with Crippen LogP contribution in [0.25, 0.3) is 0 Å². The summed E-state index contributed by atoms with van der Waals surface area (Å²) in [5, 5.41) is 12.1. The molecule has 0 bridgehead atoms. The Morgan fingerprint density at radius 1 is 1.36 bits per heavy atom. The van der Waals surface area contributed by atoms with Crippen molar-refractivity contribution in [2.75, 3.05) is 13.7 Å². The first-order valence-corrected chi connectivity index (χ1v) is 5.44. The van der Waals surface area contributed by atoms with Crippen molar-refractivity contribution in [3.8, 4) is 0 Å². The minimum Gasteiger partial charge on any atom is -0.394 e. The molecule has 0 aromatic rings. The summed E-state index contributed by atoms with van der Waals surface area (Å²) in [6.07, 6.45) is 5.56. The van der Waals surface area contributed by atoms with E-state index in [1.807, 2.05) is 20.9 Å². The molecule has 1 aliphatic carbocycles. The third kappa shape index (κ3) is 6.11. The van der Waals surface area contributed by atoms with Crippen LogP contribution in [0, 0.1) is 0 Å². The van der Waals surface area contributed by atoms with Crippen molar-refractivity contribution >= 4 is 6.29 Å². The number of carbonyl (C=O) groups excluding carboxylic acids is 1. The normalized spacial score (nSPS) is 17.2. The summed E-state index contributed by atoms with van der Waals surface area (Å²) in [6, 6.07) is 0. The molecule has 0 amide bonds. The van der Waals surface area contributed by atoms with Gasteiger partial charge >= 0.3 is 0 Å². The molecule has 0 spiro atoms. The SMILES string of the molecule is CC.CC=O.CNC1(CO)CCCC1. The van der Waals surface area contributed by atoms with Gasteiger partial charge in [-0.25, -0.2) is 0 Å². The predicted molar refractivity (Wildman–Crippen MR) is 60.4 cm³/mol. The van der Waals surface area contributed by atoms with Gasteiger partial charge in [0.25, 0.3) is 0 Å². The molecule has 0 aromatic heterocycles. The Morgan fingerprint density at radius 3 is 1.86 bits per heavy atom. The van der Waals surface area contributed by atoms with Crippen molar-refractivity contribution < 1.29 is 9.90 Å². The van der Waals surface area contributed by atoms with Crippen molar-refractivity contribution in [3.05, 3.63) is 0 Å². The van der Waals surface area contributed by atoms with E-state index in [1.54, 1.807) is 0 Å². The monoisotopic (exact) mass is 203 g/mol. The fraction of sp³-hybridized carbons (Fsp3) is 0.909. The maximum Gasteiger partial charge on any atom is 0.116 e. The van der Waals surface area contributed by atoms with Gasteiger partial charge in [-0.15, -0.1) is 0 Å². The Morgan fingerprint density at radius 2 is 1.71 bits per heavy atom. The second kappa shape index (κ2) is 10.7. The summed E-state index contributed by atoms with van der Waals surface area (Å²) in [7, 11) is 1.93. The number of hydrogen-bond donors (Lipinski definition) is 2. The molecule has 1 aliphatic rings. The molecule has 1 saturated carbocycles. The van der Waals surface area contributed by atoms with E-state index in [0.29, 0.717) is 6.61 Å². The molecule has 1 rings (SSSR count). The Balaban J connectivity index is 0. The van der Waals surface area contributed by atoms with Gasteiger partial charge in [0.15, 0.2) is 0 Å². The number of likely N-dealkylation sites (N-methyl/N-ethyl adjacent to an activating group) is 1. The van der Waals surface area contributed by atoms with Crippen LogP contribution >= 0.6 is 0 Å². The molecule has 3 nitrogen and oxygen atoms in total. The Labute approximate surface area is 87.9 Å². The smallest absolute Gasteiger partial charge is 0.116 e. The summed E-state index contributed by atoms with van der Waals surface area (Å²) >= 11 is 0. The van der Waals surface area contributed by atoms with Gasteiger partial charge in [0.2, 0.25) is 0 Å². The van der Waals surface area contributed by atoms with Crippen LogP contribution in [-0.2, 0) is 4.79 Å². The molecule has 0 saturated heterocycles. The first-order valence-electron chi connectivity index (χ1n) is 5.44. The fourth-order valence-corrected chi connectivity index (χ4v) is 1.54. The number of carbonyl (C=O) groups is 1. The van der Waals surface area contributed by atoms with E-state index < -0.39 is 0 Å². The molecule has 1 fully saturated rings. The minimum atomic E-state index is 0.0833. The molecule has 3 heteroatoms. The van der Waals surface area contributed by atoms with E-state index in [1.165, 1.54) is 19.8 Å². The van der Waals surface area contributed by atoms with Gasteiger partial charge in [0.1, 0.15) is 6.29 Å². The first-order chi connectivity index (χ1) is 6.74. The third-order valence-electron chi connectivity index (χ3n) is 2.39. The van der Waals surface area contributed by atoms with Crippen molar-refractivity contribution in [2.45, 2.75) is 52.0 Å². The zero-order valence-electron chi connectivity index (χ0n) is 9.97. The predicted octanol–water partition coefficient (Wildman–Crippen LogP) is 1.74. The summed E-state index contributed by atoms with van der Waals surface area (Å²) in [4.78, 5) is 8.81. The number of hydrogen-bond acceptors (Lipinski definition) is 3. The molecule has 86 valence electrons. The number of rotatable bonds is 2. The lowest BCUT2D eigenvalue weighted by Gasteiger charge is -2.25. The third-order valence-corrected chi connectivity index (χ3v) is 2.39. The van der Waals surface area contributed by atoms with Crippen LogP contribution in [0.2, 0.25) is 0 Å². The van der Waals surface area contributed by atoms with Crippen LogP contribution in [0.15, 0.2) is 0 Å². The van der Waals surface area contributed by atoms with Crippen LogP contribution in [0.3, 0.4) is 0 Å². The van der Waals surface area contributed by atoms with Crippen LogP contribution in [-0.4, -0.2) is 30.6 Å². The zero-order chi connectivity index (χ0) is 11.4. The van der Waals surface area contributed by atoms with Gasteiger partial charge in [-0.3, -0.25) is 0 Å². The quantitative estimate of drug-likeness (QED) is 0.672. The maximum absolute atomic E-state index is 8.95. The van der Waals surface area contributed by atoms with Crippen LogP contribution in [0.4, 0.5) is 0 Å². The minimum absolute atomic E-state index is 0.0833. The average molecular weight is 203 g/mol. The molecule has 14 heavy (non-hydrogen) atoms. The lowest BCUT2D eigenvalue weighted by molar-refractivity contribution is -0.106. The van der Waals surface area contributed by atoms with E-state index >= 15 is 0 Å². The molecule has 0 heterocycles. The Bertz CT molecular complexity index is 114. The fourth-order valence-electron chi connectivity index (χ4n) is 1.54. The topological polar surface area (TPSA) is 49.3 Å². The molecular formula is C11H25NO2. The van der Waals surface area contributed by atoms with Gasteiger partial charge in [0, 0.05) is 5.54 Å². The largest absolute Gasteiger partial charge is 0.394 e. The summed E-state index contributed by atoms with van der Waals surface area (Å²) in [5.74, 6) is 0. The standard InChI is InChI=1S/C7H15NO.C2H4O.C2H6/c1-8-7(6-9)4-2-3-5-7;1-2-3;1-2/h8-9H,2-6H2,1H3;2H,1H3;1-2H3. The number of nitrogens with one attached hydrogen (secondary N) is 1. The van der Waals surface area contributed by atoms with Gasteiger partial charge < -0.3 is 15.2 Å². The Kier molecular flexibility index (Phi) is 12.2. The molecule has 0 aliphatic heterocycles. The van der Waals surface area contributed by atoms with Crippen molar-refractivity contribution in [3.63, 3.8) is 0 Å². The molecule has 0 atom stereocenters. The molecule has 0 unspecified atom stereocenters. The average Bonchev–Trinajstić information content (AvgIpc) is 2.71. The maximum atomic E-state index is 8.95. The number of aliphatic hydroxyl groups is 1. The summed E-state index contributed by atoms with van der Waals surface area (Å²) in [6.45, 7) is 5.74. The van der Waals surface area contributed by atoms with E-state index in [0.717, 1.165) is 19.1 Å². The highest BCUT2D eigenvalue weighted by Gasteiger charge is 2.30. The highest BCUT2D eigenvalue weighted by Crippen LogP contribution is 2.28. The molecule has 0 radical (unpaired) electrons. The molecule has 2 N–H and O–H groups in total. The van der Waals surface area contributed by atoms with Crippen molar-refractivity contribution in [2.24, 2.45) is 0 Å². The number of aliphatic hydroxyl groups excluding tert-OH is 1. The second-order valence-corrected chi connectivity index (χ2v) is 3.13. The van der Waals surface area contributed by atoms with Crippen molar-refractivity contribution in [1.29, 1.82) is 0 Å². The van der Waals surface area contributed by atoms with E-state index in [4.69, 9.17) is 9.90 Å². The van der Waals surface area contributed by atoms with Crippen LogP contribution < -0.4 is 5.32 Å². The first kappa shape index (κ1) is 16.0. The van der Waals surface area contributed by atoms with Crippen molar-refractivity contribution in [1.82, 2.24) is 5.32 Å². The van der Waals surface area contributed by atoms with E-state index in [2.05, 4.69) is 5.32 Å². The zero-order valence-corrected chi connectivity index (χ0v) is 9.97. The lowest BCUT2D eigenvalue weighted by atomic mass is 10.00. The molecule has 0 aromatic carbocycles. The van der Waals surface area contributed by atoms with E-state index in [9.17, 15) is 0 Å². The highest BCUT2D eigenvalue weighted by molar-refractivity contribution is 5.44. The second-order valence-electron chi connectivity index (χ2n) is 3.13. The van der Waals surface area contributed by atoms with Gasteiger partial charge in [0.05, 0.1) is 6.61 Å². The van der Waals surface area contributed by atoms with Gasteiger partial charge in [-0.05, 0) is 26.8 Å². The Hall–Kier alpha value is -0.410. The summed E-state index contributed by atoms with van der Waals surface area (Å²) in [5.41, 5.74) is 0.0833. The van der Waals surface area contributed by atoms with Crippen LogP contribution in [0.1, 0.15) is 46.5 Å². The molecular weight excluding hydrogens is 178 g/mol. The summed E-state index contributed by atoms with van der Waals surface area (Å²) < 4.78 is 0. The van der Waals surface area contributed by atoms with Crippen LogP contribution in [0.5, 0.6) is 0 Å². The van der Waals surface area contributed by atoms with Gasteiger partial charge in [-0.1, -0.05) is 26.7 Å². The number of aldehydes is 1. The van der Waals surface area contributed by atoms with Gasteiger partial charge in [-0.2, -0.15) is 0 Å².